The minimum atomic E-state index is -5.08. The van der Waals surface area contributed by atoms with Gasteiger partial charge in [0, 0.05) is 12.6 Å². The quantitative estimate of drug-likeness (QED) is 0.483. The molecule has 1 aliphatic heterocycles. The number of likely N-dealkylation sites (N-methyl/N-ethyl adjacent to an activating group) is 1. The van der Waals surface area contributed by atoms with Crippen molar-refractivity contribution in [3.63, 3.8) is 0 Å². The molecule has 1 aliphatic rings. The standard InChI is InChI=1S/C24H18F6N2O3/c1-32-20(13-9-14(23(25,26)27)11-15(10-13)24(28,29)30)19(17-6-2-3-7-18(17)22(32)34)21(33)31-12-16-5-4-8-35-16/h2-11,19-20H,12H2,1H3,(H,31,33)/t19-,20+/m1/s1. The van der Waals surface area contributed by atoms with Gasteiger partial charge < -0.3 is 14.6 Å². The van der Waals surface area contributed by atoms with E-state index in [9.17, 15) is 35.9 Å². The van der Waals surface area contributed by atoms with E-state index < -0.39 is 52.8 Å². The lowest BCUT2D eigenvalue weighted by atomic mass is 9.78. The van der Waals surface area contributed by atoms with Crippen LogP contribution in [0.1, 0.15) is 50.3 Å². The second kappa shape index (κ2) is 8.79. The SMILES string of the molecule is CN1C(=O)c2ccccc2[C@@H](C(=O)NCc2ccco2)[C@@H]1c1cc(C(F)(F)F)cc(C(F)(F)F)c1. The normalized spacial score (nSPS) is 18.4. The number of alkyl halides is 6. The van der Waals surface area contributed by atoms with Gasteiger partial charge in [0.25, 0.3) is 5.91 Å². The summed E-state index contributed by atoms with van der Waals surface area (Å²) in [5.74, 6) is -2.22. The zero-order valence-corrected chi connectivity index (χ0v) is 18.1. The number of furan rings is 1. The van der Waals surface area contributed by atoms with Crippen molar-refractivity contribution < 1.29 is 40.3 Å². The fraction of sp³-hybridized carbons (Fsp3) is 0.250. The molecule has 0 saturated heterocycles. The maximum atomic E-state index is 13.5. The minimum Gasteiger partial charge on any atom is -0.467 e. The Morgan fingerprint density at radius 1 is 0.971 bits per heavy atom. The van der Waals surface area contributed by atoms with Crippen LogP contribution in [0.4, 0.5) is 26.3 Å². The molecular formula is C24H18F6N2O3. The van der Waals surface area contributed by atoms with E-state index in [1.165, 1.54) is 31.5 Å². The first-order valence-corrected chi connectivity index (χ1v) is 10.3. The Hall–Kier alpha value is -3.76. The lowest BCUT2D eigenvalue weighted by Crippen LogP contribution is -2.45. The van der Waals surface area contributed by atoms with Crippen LogP contribution in [0.3, 0.4) is 0 Å². The molecule has 0 fully saturated rings. The molecule has 0 bridgehead atoms. The number of nitrogens with zero attached hydrogens (tertiary/aromatic N) is 1. The minimum absolute atomic E-state index is 0.00802. The van der Waals surface area contributed by atoms with Gasteiger partial charge >= 0.3 is 12.4 Å². The highest BCUT2D eigenvalue weighted by atomic mass is 19.4. The molecule has 0 unspecified atom stereocenters. The first-order valence-electron chi connectivity index (χ1n) is 10.3. The summed E-state index contributed by atoms with van der Waals surface area (Å²) in [5, 5.41) is 2.61. The molecule has 2 atom stereocenters. The van der Waals surface area contributed by atoms with Crippen LogP contribution >= 0.6 is 0 Å². The van der Waals surface area contributed by atoms with Crippen molar-refractivity contribution in [3.8, 4) is 0 Å². The van der Waals surface area contributed by atoms with Crippen LogP contribution in [0.25, 0.3) is 0 Å². The van der Waals surface area contributed by atoms with Gasteiger partial charge in [-0.25, -0.2) is 0 Å². The predicted molar refractivity (Wildman–Crippen MR) is 111 cm³/mol. The fourth-order valence-corrected chi connectivity index (χ4v) is 4.22. The van der Waals surface area contributed by atoms with E-state index >= 15 is 0 Å². The molecule has 1 aromatic heterocycles. The van der Waals surface area contributed by atoms with Gasteiger partial charge in [-0.2, -0.15) is 26.3 Å². The molecule has 0 radical (unpaired) electrons. The lowest BCUT2D eigenvalue weighted by Gasteiger charge is -2.40. The largest absolute Gasteiger partial charge is 0.467 e. The zero-order chi connectivity index (χ0) is 25.5. The third kappa shape index (κ3) is 4.75. The van der Waals surface area contributed by atoms with E-state index in [2.05, 4.69) is 5.32 Å². The number of hydrogen-bond acceptors (Lipinski definition) is 3. The summed E-state index contributed by atoms with van der Waals surface area (Å²) in [6.45, 7) is -0.0642. The number of fused-ring (bicyclic) bond motifs is 1. The number of carbonyl (C=O) groups is 2. The molecule has 3 aromatic rings. The Labute approximate surface area is 195 Å². The van der Waals surface area contributed by atoms with E-state index in [0.717, 1.165) is 4.90 Å². The van der Waals surface area contributed by atoms with Crippen molar-refractivity contribution in [2.75, 3.05) is 7.05 Å². The van der Waals surface area contributed by atoms with Gasteiger partial charge in [-0.1, -0.05) is 18.2 Å². The zero-order valence-electron chi connectivity index (χ0n) is 18.1. The highest BCUT2D eigenvalue weighted by molar-refractivity contribution is 6.01. The number of rotatable bonds is 4. The molecule has 0 aliphatic carbocycles. The Morgan fingerprint density at radius 3 is 2.17 bits per heavy atom. The number of benzene rings is 2. The topological polar surface area (TPSA) is 62.6 Å². The summed E-state index contributed by atoms with van der Waals surface area (Å²) in [7, 11) is 1.24. The van der Waals surface area contributed by atoms with Crippen molar-refractivity contribution in [1.82, 2.24) is 10.2 Å². The summed E-state index contributed by atoms with van der Waals surface area (Å²) < 4.78 is 86.2. The van der Waals surface area contributed by atoms with Crippen molar-refractivity contribution >= 4 is 11.8 Å². The molecule has 2 heterocycles. The third-order valence-electron chi connectivity index (χ3n) is 5.83. The molecule has 0 spiro atoms. The van der Waals surface area contributed by atoms with Gasteiger partial charge in [0.1, 0.15) is 5.76 Å². The van der Waals surface area contributed by atoms with E-state index in [1.807, 2.05) is 0 Å². The van der Waals surface area contributed by atoms with Crippen molar-refractivity contribution in [2.24, 2.45) is 0 Å². The monoisotopic (exact) mass is 496 g/mol. The molecular weight excluding hydrogens is 478 g/mol. The van der Waals surface area contributed by atoms with Crippen LogP contribution in [0.15, 0.2) is 65.3 Å². The number of halogens is 6. The molecule has 1 N–H and O–H groups in total. The first-order chi connectivity index (χ1) is 16.4. The molecule has 11 heteroatoms. The van der Waals surface area contributed by atoms with Gasteiger partial charge in [-0.15, -0.1) is 0 Å². The van der Waals surface area contributed by atoms with Crippen LogP contribution in [0, 0.1) is 0 Å². The Balaban J connectivity index is 1.86. The van der Waals surface area contributed by atoms with Gasteiger partial charge in [-0.05, 0) is 47.5 Å². The molecule has 4 rings (SSSR count). The lowest BCUT2D eigenvalue weighted by molar-refractivity contribution is -0.143. The Kier molecular flexibility index (Phi) is 6.12. The first kappa shape index (κ1) is 24.4. The molecule has 2 aromatic carbocycles. The summed E-state index contributed by atoms with van der Waals surface area (Å²) in [6, 6.07) is 8.84. The van der Waals surface area contributed by atoms with Gasteiger partial charge in [0.15, 0.2) is 0 Å². The van der Waals surface area contributed by atoms with Gasteiger partial charge in [0.05, 0.1) is 35.9 Å². The van der Waals surface area contributed by atoms with Crippen LogP contribution in [-0.2, 0) is 23.7 Å². The average molecular weight is 496 g/mol. The Bertz CT molecular complexity index is 1220. The van der Waals surface area contributed by atoms with Crippen molar-refractivity contribution in [1.29, 1.82) is 0 Å². The van der Waals surface area contributed by atoms with E-state index in [4.69, 9.17) is 4.42 Å². The molecule has 35 heavy (non-hydrogen) atoms. The molecule has 0 saturated carbocycles. The highest BCUT2D eigenvalue weighted by Crippen LogP contribution is 2.45. The van der Waals surface area contributed by atoms with E-state index in [-0.39, 0.29) is 23.7 Å². The summed E-state index contributed by atoms with van der Waals surface area (Å²) in [5.41, 5.74) is -3.19. The van der Waals surface area contributed by atoms with E-state index in [1.54, 1.807) is 18.2 Å². The smallest absolute Gasteiger partial charge is 0.416 e. The van der Waals surface area contributed by atoms with Crippen LogP contribution < -0.4 is 5.32 Å². The molecule has 2 amide bonds. The van der Waals surface area contributed by atoms with Gasteiger partial charge in [-0.3, -0.25) is 9.59 Å². The summed E-state index contributed by atoms with van der Waals surface area (Å²) in [6.07, 6.45) is -8.78. The van der Waals surface area contributed by atoms with Crippen molar-refractivity contribution in [2.45, 2.75) is 30.9 Å². The Morgan fingerprint density at radius 2 is 1.60 bits per heavy atom. The van der Waals surface area contributed by atoms with Crippen LogP contribution in [-0.4, -0.2) is 23.8 Å². The van der Waals surface area contributed by atoms with Crippen LogP contribution in [0.5, 0.6) is 0 Å². The highest BCUT2D eigenvalue weighted by Gasteiger charge is 2.45. The molecule has 5 nitrogen and oxygen atoms in total. The maximum Gasteiger partial charge on any atom is 0.416 e. The number of nitrogens with one attached hydrogen (secondary N) is 1. The van der Waals surface area contributed by atoms with Crippen LogP contribution in [0.2, 0.25) is 0 Å². The van der Waals surface area contributed by atoms with E-state index in [0.29, 0.717) is 17.9 Å². The maximum absolute atomic E-state index is 13.5. The fourth-order valence-electron chi connectivity index (χ4n) is 4.22. The number of amides is 2. The second-order valence-electron chi connectivity index (χ2n) is 8.06. The predicted octanol–water partition coefficient (Wildman–Crippen LogP) is 5.54. The summed E-state index contributed by atoms with van der Waals surface area (Å²) in [4.78, 5) is 27.3. The second-order valence-corrected chi connectivity index (χ2v) is 8.06. The van der Waals surface area contributed by atoms with Crippen molar-refractivity contribution in [3.05, 3.63) is 94.4 Å². The summed E-state index contributed by atoms with van der Waals surface area (Å²) >= 11 is 0. The number of carbonyl (C=O) groups excluding carboxylic acids is 2. The molecule has 184 valence electrons. The third-order valence-corrected chi connectivity index (χ3v) is 5.83. The number of hydrogen-bond donors (Lipinski definition) is 1. The average Bonchev–Trinajstić information content (AvgIpc) is 3.32. The van der Waals surface area contributed by atoms with Gasteiger partial charge in [0.2, 0.25) is 5.91 Å².